The maximum atomic E-state index is 13.8. The van der Waals surface area contributed by atoms with Crippen molar-refractivity contribution in [2.45, 2.75) is 50.6 Å². The molecule has 6 nitrogen and oxygen atoms in total. The first-order chi connectivity index (χ1) is 15.6. The van der Waals surface area contributed by atoms with Crippen LogP contribution in [0.1, 0.15) is 48.9 Å². The van der Waals surface area contributed by atoms with Crippen LogP contribution < -0.4 is 10.2 Å². The van der Waals surface area contributed by atoms with Crippen LogP contribution in [0.25, 0.3) is 10.9 Å². The van der Waals surface area contributed by atoms with Crippen molar-refractivity contribution < 1.29 is 9.53 Å². The summed E-state index contributed by atoms with van der Waals surface area (Å²) in [5, 5.41) is 0.500. The Balaban J connectivity index is 1.36. The molecule has 4 aliphatic rings. The summed E-state index contributed by atoms with van der Waals surface area (Å²) in [6.07, 6.45) is 11.3. The van der Waals surface area contributed by atoms with Gasteiger partial charge in [-0.05, 0) is 68.7 Å². The van der Waals surface area contributed by atoms with Crippen molar-refractivity contribution >= 4 is 16.8 Å². The second kappa shape index (κ2) is 7.77. The van der Waals surface area contributed by atoms with Crippen LogP contribution in [0.3, 0.4) is 0 Å². The van der Waals surface area contributed by atoms with Gasteiger partial charge in [-0.2, -0.15) is 0 Å². The Bertz CT molecular complexity index is 1150. The molecule has 1 aromatic heterocycles. The Labute approximate surface area is 188 Å². The van der Waals surface area contributed by atoms with Crippen molar-refractivity contribution in [3.63, 3.8) is 0 Å². The Kier molecular flexibility index (Phi) is 4.86. The highest BCUT2D eigenvalue weighted by molar-refractivity contribution is 5.97. The van der Waals surface area contributed by atoms with E-state index in [-0.39, 0.29) is 22.9 Å². The molecule has 2 aromatic rings. The number of H-pyrrole nitrogens is 1. The first-order valence-corrected chi connectivity index (χ1v) is 12.1. The number of hydrogen-bond acceptors (Lipinski definition) is 4. The van der Waals surface area contributed by atoms with Crippen LogP contribution in [0.15, 0.2) is 40.8 Å². The fourth-order valence-corrected chi connectivity index (χ4v) is 6.84. The largest absolute Gasteiger partial charge is 0.497 e. The van der Waals surface area contributed by atoms with Gasteiger partial charge in [0.1, 0.15) is 11.3 Å². The number of rotatable bonds is 2. The molecule has 3 fully saturated rings. The monoisotopic (exact) mass is 433 g/mol. The molecule has 0 spiro atoms. The molecule has 6 rings (SSSR count). The van der Waals surface area contributed by atoms with Crippen molar-refractivity contribution in [3.8, 4) is 5.75 Å². The quantitative estimate of drug-likeness (QED) is 0.736. The number of amides is 1. The fraction of sp³-hybridized carbons (Fsp3) is 0.538. The highest BCUT2D eigenvalue weighted by Crippen LogP contribution is 2.45. The van der Waals surface area contributed by atoms with Crippen LogP contribution in [0.5, 0.6) is 5.75 Å². The van der Waals surface area contributed by atoms with Gasteiger partial charge in [-0.25, -0.2) is 0 Å². The molecule has 0 saturated carbocycles. The van der Waals surface area contributed by atoms with Crippen LogP contribution in [0, 0.1) is 11.8 Å². The minimum absolute atomic E-state index is 0.134. The topological polar surface area (TPSA) is 65.6 Å². The predicted molar refractivity (Wildman–Crippen MR) is 124 cm³/mol. The molecule has 1 N–H and O–H groups in total. The summed E-state index contributed by atoms with van der Waals surface area (Å²) in [7, 11) is 1.58. The van der Waals surface area contributed by atoms with Crippen molar-refractivity contribution in [1.29, 1.82) is 0 Å². The Morgan fingerprint density at radius 1 is 1.19 bits per heavy atom. The van der Waals surface area contributed by atoms with Crippen molar-refractivity contribution in [1.82, 2.24) is 14.8 Å². The summed E-state index contributed by atoms with van der Waals surface area (Å²) in [5.74, 6) is 1.59. The second-order valence-corrected chi connectivity index (χ2v) is 9.95. The normalized spacial score (nSPS) is 29.8. The lowest BCUT2D eigenvalue weighted by molar-refractivity contribution is 0.00143. The summed E-state index contributed by atoms with van der Waals surface area (Å²) >= 11 is 0. The predicted octanol–water partition coefficient (Wildman–Crippen LogP) is 3.57. The standard InChI is InChI=1S/C26H31N3O3/c1-32-19-7-8-22-20(13-19)25(30)21(14-27-22)26(31)29-10-4-5-16-11-17-12-18(24(16)29)15-28-9-3-2-6-23(17)28/h7-8,11,13-14,17-18,23-24H,2-6,9-10,12,15H2,1H3,(H,27,30)/t17-,18-,23+,24+/m1/s1. The van der Waals surface area contributed by atoms with E-state index in [9.17, 15) is 9.59 Å². The maximum Gasteiger partial charge on any atom is 0.259 e. The van der Waals surface area contributed by atoms with Gasteiger partial charge in [-0.3, -0.25) is 14.5 Å². The smallest absolute Gasteiger partial charge is 0.259 e. The van der Waals surface area contributed by atoms with Crippen LogP contribution in [-0.4, -0.2) is 59.5 Å². The molecule has 32 heavy (non-hydrogen) atoms. The van der Waals surface area contributed by atoms with Gasteiger partial charge in [0.05, 0.1) is 13.2 Å². The zero-order chi connectivity index (χ0) is 21.8. The Hall–Kier alpha value is -2.60. The second-order valence-electron chi connectivity index (χ2n) is 9.95. The third-order valence-electron chi connectivity index (χ3n) is 8.24. The molecule has 0 unspecified atom stereocenters. The van der Waals surface area contributed by atoms with Crippen LogP contribution >= 0.6 is 0 Å². The molecule has 168 valence electrons. The Morgan fingerprint density at radius 2 is 2.09 bits per heavy atom. The number of fused-ring (bicyclic) bond motifs is 7. The maximum absolute atomic E-state index is 13.8. The van der Waals surface area contributed by atoms with E-state index in [0.29, 0.717) is 29.0 Å². The van der Waals surface area contributed by atoms with Gasteiger partial charge in [0.2, 0.25) is 5.43 Å². The van der Waals surface area contributed by atoms with E-state index in [1.165, 1.54) is 37.8 Å². The van der Waals surface area contributed by atoms with E-state index >= 15 is 0 Å². The number of carbonyl (C=O) groups excluding carboxylic acids is 1. The molecule has 2 bridgehead atoms. The van der Waals surface area contributed by atoms with E-state index in [4.69, 9.17) is 4.74 Å². The number of likely N-dealkylation sites (tertiary alicyclic amines) is 1. The van der Waals surface area contributed by atoms with Crippen LogP contribution in [0.4, 0.5) is 0 Å². The van der Waals surface area contributed by atoms with Gasteiger partial charge in [0.15, 0.2) is 0 Å². The molecule has 3 saturated heterocycles. The third-order valence-corrected chi connectivity index (χ3v) is 8.24. The molecule has 4 heterocycles. The molecule has 0 radical (unpaired) electrons. The lowest BCUT2D eigenvalue weighted by Gasteiger charge is -2.54. The third kappa shape index (κ3) is 3.11. The SMILES string of the molecule is COc1ccc2[nH]cc(C(=O)N3CCCC4=C[C@@H]5C[C@H](CN6CCCC[C@@H]56)[C@H]43)c(=O)c2c1. The van der Waals surface area contributed by atoms with E-state index in [2.05, 4.69) is 16.0 Å². The number of aromatic amines is 1. The average molecular weight is 434 g/mol. The van der Waals surface area contributed by atoms with E-state index < -0.39 is 0 Å². The van der Waals surface area contributed by atoms with Gasteiger partial charge in [-0.1, -0.05) is 18.1 Å². The molecule has 1 aliphatic carbocycles. The van der Waals surface area contributed by atoms with Crippen LogP contribution in [-0.2, 0) is 0 Å². The molecule has 1 amide bonds. The minimum atomic E-state index is -0.216. The van der Waals surface area contributed by atoms with Gasteiger partial charge >= 0.3 is 0 Å². The molecular formula is C26H31N3O3. The van der Waals surface area contributed by atoms with Crippen molar-refractivity contribution in [3.05, 3.63) is 51.8 Å². The van der Waals surface area contributed by atoms with Crippen molar-refractivity contribution in [2.24, 2.45) is 11.8 Å². The number of ether oxygens (including phenoxy) is 1. The number of nitrogens with zero attached hydrogens (tertiary/aromatic N) is 2. The minimum Gasteiger partial charge on any atom is -0.497 e. The van der Waals surface area contributed by atoms with Gasteiger partial charge in [-0.15, -0.1) is 0 Å². The number of piperidine rings is 3. The number of carbonyl (C=O) groups is 1. The molecular weight excluding hydrogens is 402 g/mol. The summed E-state index contributed by atoms with van der Waals surface area (Å²) in [6.45, 7) is 2.99. The number of methoxy groups -OCH3 is 1. The van der Waals surface area contributed by atoms with E-state index in [1.807, 2.05) is 17.0 Å². The van der Waals surface area contributed by atoms with Gasteiger partial charge < -0.3 is 14.6 Å². The zero-order valence-electron chi connectivity index (χ0n) is 18.7. The molecule has 1 aromatic carbocycles. The highest BCUT2D eigenvalue weighted by atomic mass is 16.5. The lowest BCUT2D eigenvalue weighted by atomic mass is 9.68. The first-order valence-electron chi connectivity index (χ1n) is 12.1. The fourth-order valence-electron chi connectivity index (χ4n) is 6.84. The van der Waals surface area contributed by atoms with Gasteiger partial charge in [0.25, 0.3) is 5.91 Å². The number of aromatic nitrogens is 1. The summed E-state index contributed by atoms with van der Waals surface area (Å²) in [6, 6.07) is 6.18. The molecule has 6 heteroatoms. The number of hydrogen-bond donors (Lipinski definition) is 1. The average Bonchev–Trinajstić information content (AvgIpc) is 2.83. The van der Waals surface area contributed by atoms with E-state index in [0.717, 1.165) is 31.4 Å². The Morgan fingerprint density at radius 3 is 2.97 bits per heavy atom. The van der Waals surface area contributed by atoms with E-state index in [1.54, 1.807) is 19.4 Å². The number of pyridine rings is 1. The molecule has 3 aliphatic heterocycles. The zero-order valence-corrected chi connectivity index (χ0v) is 18.7. The summed E-state index contributed by atoms with van der Waals surface area (Å²) in [4.78, 5) is 34.9. The summed E-state index contributed by atoms with van der Waals surface area (Å²) in [5.41, 5.74) is 2.18. The number of benzene rings is 1. The van der Waals surface area contributed by atoms with Crippen molar-refractivity contribution in [2.75, 3.05) is 26.7 Å². The summed E-state index contributed by atoms with van der Waals surface area (Å²) < 4.78 is 5.29. The first kappa shape index (κ1) is 20.0. The number of nitrogens with one attached hydrogen (secondary N) is 1. The van der Waals surface area contributed by atoms with Gasteiger partial charge in [0, 0.05) is 36.2 Å². The lowest BCUT2D eigenvalue weighted by Crippen LogP contribution is -2.60. The molecule has 4 atom stereocenters. The van der Waals surface area contributed by atoms with Crippen LogP contribution in [0.2, 0.25) is 0 Å². The highest BCUT2D eigenvalue weighted by Gasteiger charge is 2.47.